The Morgan fingerprint density at radius 1 is 0.513 bits per heavy atom. The molecule has 0 aliphatic rings. The van der Waals surface area contributed by atoms with Crippen molar-refractivity contribution in [3.05, 3.63) is 112 Å². The molecule has 0 aliphatic carbocycles. The van der Waals surface area contributed by atoms with E-state index in [1.54, 1.807) is 27.9 Å². The zero-order chi connectivity index (χ0) is 87.3. The molecule has 0 aromatic carbocycles. The maximum Gasteiger partial charge on any atom is 1.00 e. The van der Waals surface area contributed by atoms with E-state index < -0.39 is 153 Å². The number of halogens is 5. The minimum atomic E-state index is -6.09. The van der Waals surface area contributed by atoms with E-state index in [1.165, 1.54) is 61.6 Å². The van der Waals surface area contributed by atoms with Crippen LogP contribution in [0, 0.1) is 0 Å². The Morgan fingerprint density at radius 3 is 1.09 bits per heavy atom. The van der Waals surface area contributed by atoms with Crippen molar-refractivity contribution in [1.82, 2.24) is 32.1 Å². The van der Waals surface area contributed by atoms with Crippen molar-refractivity contribution in [2.45, 2.75) is 126 Å². The van der Waals surface area contributed by atoms with Crippen molar-refractivity contribution in [3.63, 3.8) is 0 Å². The molecule has 6 rings (SSSR count). The summed E-state index contributed by atoms with van der Waals surface area (Å²) in [5, 5.41) is 67.8. The summed E-state index contributed by atoms with van der Waals surface area (Å²) < 4.78 is 113. The maximum atomic E-state index is 11.3. The number of aliphatic hydroxyl groups is 6. The molecule has 0 amide bonds. The number of aliphatic carboxylic acids is 3. The van der Waals surface area contributed by atoms with Crippen molar-refractivity contribution in [3.8, 4) is 0 Å². The normalized spacial score (nSPS) is 12.6. The average Bonchev–Trinajstić information content (AvgIpc) is 1.74. The Hall–Kier alpha value is -4.50. The molecule has 0 fully saturated rings. The number of hydrogen-bond acceptors (Lipinski definition) is 30. The van der Waals surface area contributed by atoms with E-state index in [0.29, 0.717) is 0 Å². The van der Waals surface area contributed by atoms with Crippen LogP contribution >= 0.6 is 73.0 Å². The van der Waals surface area contributed by atoms with Gasteiger partial charge in [0.15, 0.2) is 59.9 Å². The van der Waals surface area contributed by atoms with E-state index in [1.807, 2.05) is 18.7 Å². The first-order valence-electron chi connectivity index (χ1n) is 29.1. The molecule has 0 bridgehead atoms. The van der Waals surface area contributed by atoms with Gasteiger partial charge < -0.3 is 212 Å². The van der Waals surface area contributed by atoms with E-state index in [9.17, 15) is 95.8 Å². The predicted octanol–water partition coefficient (Wildman–Crippen LogP) is -26.2. The smallest absolute Gasteiger partial charge is 1.00 e. The van der Waals surface area contributed by atoms with Gasteiger partial charge in [-0.2, -0.15) is 0 Å². The van der Waals surface area contributed by atoms with Gasteiger partial charge in [-0.1, -0.05) is 31.6 Å². The number of methoxy groups -OCH3 is 3. The molecule has 6 heterocycles. The van der Waals surface area contributed by atoms with Gasteiger partial charge in [0.05, 0.1) is 27.7 Å². The van der Waals surface area contributed by atoms with Crippen LogP contribution in [0.15, 0.2) is 112 Å². The summed E-state index contributed by atoms with van der Waals surface area (Å²) in [6.45, 7) is 2.69. The van der Waals surface area contributed by atoms with Crippen LogP contribution in [0.2, 0.25) is 19.6 Å². The minimum absolute atomic E-state index is 0. The van der Waals surface area contributed by atoms with Crippen LogP contribution in [0.25, 0.3) is 0 Å². The van der Waals surface area contributed by atoms with Gasteiger partial charge in [0.2, 0.25) is 37.0 Å². The van der Waals surface area contributed by atoms with Gasteiger partial charge in [-0.15, -0.1) is 11.6 Å². The van der Waals surface area contributed by atoms with E-state index in [-0.39, 0.29) is 148 Å². The third kappa shape index (κ3) is 49.7. The van der Waals surface area contributed by atoms with Crippen molar-refractivity contribution in [1.29, 1.82) is 0 Å². The Kier molecular flexibility index (Phi) is 65.7. The molecule has 56 nitrogen and oxygen atoms in total. The maximum absolute atomic E-state index is 11.3. The van der Waals surface area contributed by atoms with Crippen LogP contribution in [0.5, 0.6) is 0 Å². The van der Waals surface area contributed by atoms with Gasteiger partial charge in [0.25, 0.3) is 8.25 Å². The third-order valence-electron chi connectivity index (χ3n) is 12.8. The second-order valence-corrected chi connectivity index (χ2v) is 42.5. The second kappa shape index (κ2) is 57.9. The number of carbonyl (C=O) groups excluding carboxylic acids is 3. The number of alkyl halides is 1. The molecule has 0 saturated carbocycles. The number of aromatic nitrogens is 12. The van der Waals surface area contributed by atoms with Crippen molar-refractivity contribution >= 4 is 117 Å². The average molecular weight is 2010 g/mol. The van der Waals surface area contributed by atoms with Gasteiger partial charge >= 0.3 is 114 Å². The second-order valence-electron chi connectivity index (χ2n) is 23.0. The monoisotopic (exact) mass is 2010 g/mol. The molecule has 0 spiro atoms. The molecule has 6 aromatic rings. The quantitative estimate of drug-likeness (QED) is 0.00394. The number of carboxylic acid groups (broad SMARTS) is 3. The molecular formula is C48H89Cl5N12NaO44P8Si-3. The minimum Gasteiger partial charge on any atom is -1.00 e. The summed E-state index contributed by atoms with van der Waals surface area (Å²) in [6, 6.07) is 0. The van der Waals surface area contributed by atoms with Crippen molar-refractivity contribution < 1.29 is 317 Å². The zero-order valence-corrected chi connectivity index (χ0v) is 75.9. The summed E-state index contributed by atoms with van der Waals surface area (Å²) in [4.78, 5) is 215. The van der Waals surface area contributed by atoms with Crippen LogP contribution in [0.3, 0.4) is 0 Å². The summed E-state index contributed by atoms with van der Waals surface area (Å²) in [7, 11) is -39.8. The molecule has 119 heavy (non-hydrogen) atoms. The molecule has 71 heteroatoms. The SMILES string of the molecule is C.CC(O)(C[n+]1ccn(CC(O)(P(=O)(O)O)P(=O)(O)O)c1)P(=O)(O)O.COC(=O)CCl.COC(=O)Cn1cc[n+](CC(=O)OC)c1.C[Si](C)(C)n1ccnc1.O.O=C(O)C[n+]1ccn(CC(O)(P(=O)(O)O)P(=O)(O)O)c1.O=C(O)Cn1cc[n+](CC(=O)O)c1.O=P([O-])([O-])C(O)(C[n+]1ccn(CC(O)O)c1)P(=O)([O-])O.O=[P+]([O-])[O-].[Cl-].[Cl-].[Cl-].[Cl-].[Na+].[OH-]. The van der Waals surface area contributed by atoms with E-state index in [2.05, 4.69) is 43.1 Å². The van der Waals surface area contributed by atoms with Crippen molar-refractivity contribution in [2.24, 2.45) is 0 Å². The molecule has 0 aliphatic heterocycles. The summed E-state index contributed by atoms with van der Waals surface area (Å²) in [5.74, 6) is -4.23. The number of ether oxygens (including phenoxy) is 3. The Balaban J connectivity index is -0.000000147. The van der Waals surface area contributed by atoms with Crippen LogP contribution in [0.4, 0.5) is 0 Å². The summed E-state index contributed by atoms with van der Waals surface area (Å²) >= 11 is 4.98. The van der Waals surface area contributed by atoms with Crippen LogP contribution in [-0.2, 0) is 145 Å². The van der Waals surface area contributed by atoms with Gasteiger partial charge in [0.1, 0.15) is 101 Å². The number of carbonyl (C=O) groups is 6. The molecule has 688 valence electrons. The van der Waals surface area contributed by atoms with Crippen LogP contribution in [0.1, 0.15) is 14.4 Å². The Morgan fingerprint density at radius 2 is 0.824 bits per heavy atom. The molecule has 3 atom stereocenters. The standard InChI is InChI=1S/C9H13N2O4.C8H17N2O11P3.C7H14N2O9P2.C7H12N2O9P2.C7H8N2O4.C6H12N2Si.C3H5ClO2.CH4.4ClH.Na.HO3P.2H2O/c1-14-8(12)5-10-3-4-11(7-10)6-9(13)15-2;1-7(11,22(13,14)15)4-9-2-3-10(6-9)5-8(12,23(16,17)18)24(19,20)21;2*10-6(11)3-8-1-2-9(5-8)4-7(12,19(13,14)15)20(16,17)18;10-6(11)3-8-1-2-9(5-8)4-7(12)13;1-9(2,3)8-5-4-7-6-8;1-6-3(5)2-4;;;;;;;1-4(2)3;;/h3-4,7H,5-6H2,1-2H3;2-3,6,11-12H,4-5H2,1H3,(H5-,13,14,15,16,17,18,19,20,21);1-2,5-6,10-12H,3-4H2,(H3-,13,14,15,16,17,18);1-2,5,12H,3-4H2,(H4-,10,11,13,14,15,16,17,18);1-2,5H,3-4H2,(H-,10,11,12,13);4-6H,1-3H3;2H2,1H3;1H4;4*1H;;(H,1,2,3);2*1H2/q+1;;;;;;;;;;;;+1;;;/p-5. The number of esters is 3. The van der Waals surface area contributed by atoms with E-state index >= 15 is 0 Å². The van der Waals surface area contributed by atoms with Crippen molar-refractivity contribution in [2.75, 3.05) is 27.2 Å². The van der Waals surface area contributed by atoms with E-state index in [4.69, 9.17) is 105 Å². The number of aliphatic hydroxyl groups excluding tert-OH is 1. The Labute approximate surface area is 727 Å². The number of rotatable bonds is 29. The first-order valence-corrected chi connectivity index (χ1v) is 45.3. The number of nitrogens with zero attached hydrogens (tertiary/aromatic N) is 12. The van der Waals surface area contributed by atoms with Gasteiger partial charge in [-0.25, -0.2) is 74.6 Å². The fourth-order valence-corrected chi connectivity index (χ4v) is 14.6. The molecule has 0 radical (unpaired) electrons. The predicted molar refractivity (Wildman–Crippen MR) is 365 cm³/mol. The number of carboxylic acids is 3. The topological polar surface area (TPSA) is 910 Å². The van der Waals surface area contributed by atoms with Gasteiger partial charge in [-0.05, 0) is 14.5 Å². The first kappa shape index (κ1) is 135. The fourth-order valence-electron chi connectivity index (χ4n) is 7.15. The summed E-state index contributed by atoms with van der Waals surface area (Å²) in [5.41, 5.74) is 0. The number of hydrogen-bond donors (Lipinski definition) is 20. The molecule has 23 N–H and O–H groups in total. The zero-order valence-electron chi connectivity index (χ0n) is 62.0. The largest absolute Gasteiger partial charge is 1.00 e. The molecule has 0 saturated heterocycles. The van der Waals surface area contributed by atoms with Gasteiger partial charge in [0, 0.05) is 12.4 Å². The third-order valence-corrected chi connectivity index (χ3v) is 27.2. The van der Waals surface area contributed by atoms with Crippen LogP contribution < -0.4 is 126 Å². The molecular weight excluding hydrogens is 1920 g/mol. The molecule has 3 unspecified atom stereocenters. The van der Waals surface area contributed by atoms with Crippen LogP contribution in [-0.4, -0.2) is 241 Å². The Bertz CT molecular complexity index is 4240. The molecule has 6 aromatic heterocycles. The fraction of sp³-hybridized carbons (Fsp3) is 0.500. The van der Waals surface area contributed by atoms with E-state index in [0.717, 1.165) is 78.1 Å². The summed E-state index contributed by atoms with van der Waals surface area (Å²) in [6.07, 6.45) is 23.2. The van der Waals surface area contributed by atoms with Gasteiger partial charge in [-0.3, -0.25) is 27.6 Å². The first-order chi connectivity index (χ1) is 50.0. The number of imidazole rings is 6.